The number of rotatable bonds is 5. The molecule has 1 N–H and O–H groups in total. The summed E-state index contributed by atoms with van der Waals surface area (Å²) in [7, 11) is 0. The maximum absolute atomic E-state index is 13.7. The van der Waals surface area contributed by atoms with Gasteiger partial charge in [0.2, 0.25) is 5.78 Å². The molecular formula is C29H31NO3. The largest absolute Gasteiger partial charge is 0.454 e. The van der Waals surface area contributed by atoms with Crippen molar-refractivity contribution in [3.63, 3.8) is 0 Å². The Morgan fingerprint density at radius 2 is 1.64 bits per heavy atom. The van der Waals surface area contributed by atoms with E-state index >= 15 is 0 Å². The summed E-state index contributed by atoms with van der Waals surface area (Å²) in [6.45, 7) is 3.64. The Bertz CT molecular complexity index is 1230. The maximum Gasteiger partial charge on any atom is 0.312 e. The van der Waals surface area contributed by atoms with Crippen LogP contribution in [0, 0.1) is 24.2 Å². The van der Waals surface area contributed by atoms with Gasteiger partial charge in [0.25, 0.3) is 0 Å². The number of ether oxygens (including phenoxy) is 1. The molecule has 3 aromatic rings. The molecule has 4 aliphatic carbocycles. The summed E-state index contributed by atoms with van der Waals surface area (Å²) in [5.41, 5.74) is 3.38. The number of H-pyrrole nitrogens is 1. The van der Waals surface area contributed by atoms with Gasteiger partial charge in [-0.3, -0.25) is 9.59 Å². The number of aromatic nitrogens is 1. The molecule has 1 aromatic heterocycles. The number of carbonyl (C=O) groups is 2. The lowest BCUT2D eigenvalue weighted by atomic mass is 9.43. The fourth-order valence-electron chi connectivity index (χ4n) is 7.77. The van der Waals surface area contributed by atoms with Gasteiger partial charge in [-0.2, -0.15) is 0 Å². The second-order valence-corrected chi connectivity index (χ2v) is 11.0. The van der Waals surface area contributed by atoms with Crippen molar-refractivity contribution in [2.45, 2.75) is 63.9 Å². The first kappa shape index (κ1) is 20.7. The van der Waals surface area contributed by atoms with Crippen molar-refractivity contribution in [2.24, 2.45) is 17.3 Å². The number of nitrogens with one attached hydrogen (secondary N) is 1. The van der Waals surface area contributed by atoms with Gasteiger partial charge in [-0.1, -0.05) is 48.5 Å². The molecule has 5 atom stereocenters. The molecule has 4 heteroatoms. The number of carbonyl (C=O) groups excluding carboxylic acids is 2. The van der Waals surface area contributed by atoms with E-state index in [1.165, 1.54) is 24.8 Å². The first-order valence-electron chi connectivity index (χ1n) is 12.3. The smallest absolute Gasteiger partial charge is 0.312 e. The van der Waals surface area contributed by atoms with Gasteiger partial charge in [0.1, 0.15) is 0 Å². The Balaban J connectivity index is 1.27. The van der Waals surface area contributed by atoms with Crippen LogP contribution in [0.25, 0.3) is 10.9 Å². The number of fused-ring (bicyclic) bond motifs is 1. The molecule has 1 heterocycles. The molecule has 170 valence electrons. The molecular weight excluding hydrogens is 410 g/mol. The van der Waals surface area contributed by atoms with Crippen LogP contribution in [0.1, 0.15) is 67.1 Å². The van der Waals surface area contributed by atoms with Crippen LogP contribution in [0.3, 0.4) is 0 Å². The van der Waals surface area contributed by atoms with Crippen molar-refractivity contribution >= 4 is 22.7 Å². The number of hydrogen-bond acceptors (Lipinski definition) is 3. The van der Waals surface area contributed by atoms with Crippen molar-refractivity contribution < 1.29 is 14.3 Å². The molecule has 4 fully saturated rings. The van der Waals surface area contributed by atoms with Crippen LogP contribution in [0.15, 0.2) is 54.6 Å². The fourth-order valence-corrected chi connectivity index (χ4v) is 7.77. The lowest BCUT2D eigenvalue weighted by Gasteiger charge is -2.61. The number of Topliss-reactive ketones (excluding diaryl/α,β-unsaturated/α-hetero) is 1. The second kappa shape index (κ2) is 7.31. The molecule has 0 radical (unpaired) electrons. The van der Waals surface area contributed by atoms with Crippen LogP contribution < -0.4 is 0 Å². The topological polar surface area (TPSA) is 59.2 Å². The Labute approximate surface area is 194 Å². The van der Waals surface area contributed by atoms with Crippen molar-refractivity contribution in [3.8, 4) is 0 Å². The van der Waals surface area contributed by atoms with Gasteiger partial charge in [-0.25, -0.2) is 0 Å². The highest BCUT2D eigenvalue weighted by Crippen LogP contribution is 2.66. The highest BCUT2D eigenvalue weighted by molar-refractivity contribution is 6.11. The summed E-state index contributed by atoms with van der Waals surface area (Å²) in [6.07, 6.45) is 5.44. The number of benzene rings is 2. The predicted octanol–water partition coefficient (Wildman–Crippen LogP) is 6.13. The van der Waals surface area contributed by atoms with Crippen molar-refractivity contribution in [3.05, 3.63) is 71.4 Å². The minimum atomic E-state index is -0.795. The molecule has 0 aliphatic heterocycles. The fraction of sp³-hybridized carbons (Fsp3) is 0.448. The molecule has 7 rings (SSSR count). The van der Waals surface area contributed by atoms with Gasteiger partial charge in [-0.15, -0.1) is 0 Å². The van der Waals surface area contributed by atoms with E-state index in [4.69, 9.17) is 4.74 Å². The Morgan fingerprint density at radius 3 is 2.36 bits per heavy atom. The summed E-state index contributed by atoms with van der Waals surface area (Å²) < 4.78 is 6.00. The predicted molar refractivity (Wildman–Crippen MR) is 128 cm³/mol. The van der Waals surface area contributed by atoms with Gasteiger partial charge in [-0.05, 0) is 81.3 Å². The van der Waals surface area contributed by atoms with Gasteiger partial charge in [0, 0.05) is 22.2 Å². The molecule has 4 bridgehead atoms. The van der Waals surface area contributed by atoms with Gasteiger partial charge in [0.15, 0.2) is 6.10 Å². The van der Waals surface area contributed by atoms with Crippen molar-refractivity contribution in [1.82, 2.24) is 4.98 Å². The monoisotopic (exact) mass is 441 g/mol. The van der Waals surface area contributed by atoms with E-state index < -0.39 is 11.5 Å². The SMILES string of the molecule is Cc1[nH]c2ccccc2c1C(=O)[C@@H](C)OC(=O)C12C[C@H]3C[C@@H](C1)CC(c1ccccc1)(C3)C2. The minimum absolute atomic E-state index is 0.0744. The third kappa shape index (κ3) is 3.18. The maximum atomic E-state index is 13.7. The highest BCUT2D eigenvalue weighted by atomic mass is 16.5. The summed E-state index contributed by atoms with van der Waals surface area (Å²) >= 11 is 0. The van der Waals surface area contributed by atoms with E-state index in [1.54, 1.807) is 6.92 Å². The van der Waals surface area contributed by atoms with E-state index in [9.17, 15) is 9.59 Å². The zero-order chi connectivity index (χ0) is 22.8. The number of aryl methyl sites for hydroxylation is 1. The van der Waals surface area contributed by atoms with Crippen LogP contribution in [-0.4, -0.2) is 22.8 Å². The Hall–Kier alpha value is -2.88. The van der Waals surface area contributed by atoms with Gasteiger partial charge < -0.3 is 9.72 Å². The first-order valence-corrected chi connectivity index (χ1v) is 12.3. The lowest BCUT2D eigenvalue weighted by molar-refractivity contribution is -0.176. The number of hydrogen-bond donors (Lipinski definition) is 1. The second-order valence-electron chi connectivity index (χ2n) is 11.0. The van der Waals surface area contributed by atoms with Crippen LogP contribution >= 0.6 is 0 Å². The normalized spacial score (nSPS) is 31.0. The number of ketones is 1. The van der Waals surface area contributed by atoms with E-state index in [0.717, 1.165) is 35.9 Å². The molecule has 0 amide bonds. The van der Waals surface area contributed by atoms with E-state index in [2.05, 4.69) is 35.3 Å². The number of para-hydroxylation sites is 1. The Kier molecular flexibility index (Phi) is 4.59. The van der Waals surface area contributed by atoms with Gasteiger partial charge >= 0.3 is 5.97 Å². The number of aromatic amines is 1. The molecule has 33 heavy (non-hydrogen) atoms. The summed E-state index contributed by atoms with van der Waals surface area (Å²) in [5.74, 6) is 0.859. The molecule has 4 aliphatic rings. The van der Waals surface area contributed by atoms with Crippen LogP contribution in [-0.2, 0) is 14.9 Å². The summed E-state index contributed by atoms with van der Waals surface area (Å²) in [5, 5.41) is 0.890. The molecule has 0 spiro atoms. The quantitative estimate of drug-likeness (QED) is 0.383. The standard InChI is InChI=1S/C29H31NO3/c1-18-25(23-10-6-7-11-24(23)30-18)26(31)19(2)33-27(32)29-15-20-12-21(16-29)14-28(13-20,17-29)22-8-4-3-5-9-22/h3-11,19-21,30H,12-17H2,1-2H3/t19-,20-,21+,28?,29?/m1/s1. The lowest BCUT2D eigenvalue weighted by Crippen LogP contribution is -2.57. The van der Waals surface area contributed by atoms with Crippen LogP contribution in [0.2, 0.25) is 0 Å². The van der Waals surface area contributed by atoms with E-state index in [-0.39, 0.29) is 17.2 Å². The average molecular weight is 442 g/mol. The molecule has 4 saturated carbocycles. The third-order valence-corrected chi connectivity index (χ3v) is 8.67. The molecule has 4 nitrogen and oxygen atoms in total. The average Bonchev–Trinajstić information content (AvgIpc) is 3.14. The number of esters is 1. The first-order chi connectivity index (χ1) is 15.9. The Morgan fingerprint density at radius 1 is 0.970 bits per heavy atom. The highest BCUT2D eigenvalue weighted by Gasteiger charge is 2.61. The molecule has 0 saturated heterocycles. The molecule has 2 unspecified atom stereocenters. The van der Waals surface area contributed by atoms with Gasteiger partial charge in [0.05, 0.1) is 5.41 Å². The summed E-state index contributed by atoms with van der Waals surface area (Å²) in [6, 6.07) is 18.6. The molecule has 2 aromatic carbocycles. The third-order valence-electron chi connectivity index (χ3n) is 8.67. The zero-order valence-corrected chi connectivity index (χ0v) is 19.4. The zero-order valence-electron chi connectivity index (χ0n) is 19.4. The van der Waals surface area contributed by atoms with Crippen molar-refractivity contribution in [1.29, 1.82) is 0 Å². The summed E-state index contributed by atoms with van der Waals surface area (Å²) in [4.78, 5) is 30.4. The van der Waals surface area contributed by atoms with Crippen LogP contribution in [0.5, 0.6) is 0 Å². The van der Waals surface area contributed by atoms with Crippen molar-refractivity contribution in [2.75, 3.05) is 0 Å². The van der Waals surface area contributed by atoms with E-state index in [0.29, 0.717) is 17.4 Å². The van der Waals surface area contributed by atoms with E-state index in [1.807, 2.05) is 31.2 Å². The van der Waals surface area contributed by atoms with Crippen LogP contribution in [0.4, 0.5) is 0 Å². The minimum Gasteiger partial charge on any atom is -0.454 e.